The average Bonchev–Trinajstić information content (AvgIpc) is 2.17. The molecule has 1 saturated heterocycles. The van der Waals surface area contributed by atoms with Gasteiger partial charge in [0.05, 0.1) is 6.61 Å². The Hall–Kier alpha value is 0.670. The molecule has 0 unspecified atom stereocenters. The summed E-state index contributed by atoms with van der Waals surface area (Å²) < 4.78 is 38.7. The molecule has 0 aromatic heterocycles. The van der Waals surface area contributed by atoms with Gasteiger partial charge in [-0.3, -0.25) is 4.18 Å². The summed E-state index contributed by atoms with van der Waals surface area (Å²) in [6, 6.07) is 0. The monoisotopic (exact) mass is 282 g/mol. The average molecular weight is 282 g/mol. The standard InChI is InChI=1S/C6H12O9S.Na/c7-3-2(1-14-16(11,12)13)15-6(10)5(9)4(3)8;/h2-10H,1H2,(H,11,12,13);/q;+1/p-1/t2-,3+,4+,5-,6-;/m1./s1. The van der Waals surface area contributed by atoms with Crippen molar-refractivity contribution in [3.8, 4) is 0 Å². The second-order valence-corrected chi connectivity index (χ2v) is 4.28. The van der Waals surface area contributed by atoms with E-state index in [1.807, 2.05) is 0 Å². The molecule has 1 aliphatic heterocycles. The first kappa shape index (κ1) is 17.7. The number of rotatable bonds is 3. The van der Waals surface area contributed by atoms with Gasteiger partial charge in [0.1, 0.15) is 24.4 Å². The van der Waals surface area contributed by atoms with Crippen molar-refractivity contribution in [1.29, 1.82) is 0 Å². The number of aliphatic hydroxyl groups excluding tert-OH is 4. The third-order valence-electron chi connectivity index (χ3n) is 2.06. The maximum Gasteiger partial charge on any atom is 1.00 e. The predicted octanol–water partition coefficient (Wildman–Crippen LogP) is -6.73. The van der Waals surface area contributed by atoms with Crippen molar-refractivity contribution in [2.45, 2.75) is 30.7 Å². The van der Waals surface area contributed by atoms with Crippen molar-refractivity contribution in [1.82, 2.24) is 0 Å². The minimum atomic E-state index is -4.96. The van der Waals surface area contributed by atoms with Crippen LogP contribution in [-0.4, -0.2) is 70.7 Å². The van der Waals surface area contributed by atoms with E-state index in [0.29, 0.717) is 0 Å². The first-order valence-corrected chi connectivity index (χ1v) is 5.53. The van der Waals surface area contributed by atoms with Crippen LogP contribution in [0.2, 0.25) is 0 Å². The van der Waals surface area contributed by atoms with Gasteiger partial charge < -0.3 is 29.7 Å². The molecule has 0 radical (unpaired) electrons. The van der Waals surface area contributed by atoms with Crippen LogP contribution in [0.1, 0.15) is 0 Å². The zero-order valence-electron chi connectivity index (χ0n) is 8.83. The molecule has 11 heteroatoms. The van der Waals surface area contributed by atoms with E-state index < -0.39 is 47.7 Å². The van der Waals surface area contributed by atoms with E-state index in [0.717, 1.165) is 0 Å². The van der Waals surface area contributed by atoms with Gasteiger partial charge in [-0.05, 0) is 0 Å². The van der Waals surface area contributed by atoms with Crippen LogP contribution < -0.4 is 29.6 Å². The molecule has 5 atom stereocenters. The molecule has 96 valence electrons. The summed E-state index contributed by atoms with van der Waals surface area (Å²) in [6.07, 6.45) is -8.37. The van der Waals surface area contributed by atoms with Crippen LogP contribution in [0.15, 0.2) is 0 Å². The number of hydrogen-bond donors (Lipinski definition) is 4. The van der Waals surface area contributed by atoms with E-state index in [4.69, 9.17) is 10.2 Å². The summed E-state index contributed by atoms with van der Waals surface area (Å²) >= 11 is 0. The molecule has 9 nitrogen and oxygen atoms in total. The Bertz CT molecular complexity index is 332. The molecule has 0 amide bonds. The molecule has 0 saturated carbocycles. The van der Waals surface area contributed by atoms with E-state index in [-0.39, 0.29) is 29.6 Å². The van der Waals surface area contributed by atoms with Crippen LogP contribution in [-0.2, 0) is 19.3 Å². The fourth-order valence-electron chi connectivity index (χ4n) is 1.22. The number of hydrogen-bond acceptors (Lipinski definition) is 9. The minimum Gasteiger partial charge on any atom is -0.726 e. The van der Waals surface area contributed by atoms with Gasteiger partial charge in [-0.1, -0.05) is 0 Å². The van der Waals surface area contributed by atoms with Crippen LogP contribution in [0.25, 0.3) is 0 Å². The van der Waals surface area contributed by atoms with Gasteiger partial charge in [-0.2, -0.15) is 0 Å². The first-order chi connectivity index (χ1) is 7.22. The van der Waals surface area contributed by atoms with Crippen molar-refractivity contribution in [2.24, 2.45) is 0 Å². The van der Waals surface area contributed by atoms with Gasteiger partial charge in [0.25, 0.3) is 0 Å². The van der Waals surface area contributed by atoms with Crippen LogP contribution in [0.5, 0.6) is 0 Å². The van der Waals surface area contributed by atoms with Gasteiger partial charge >= 0.3 is 29.6 Å². The third kappa shape index (κ3) is 5.04. The molecule has 1 fully saturated rings. The molecule has 1 aliphatic rings. The molecule has 0 aromatic rings. The van der Waals surface area contributed by atoms with Gasteiger partial charge in [-0.15, -0.1) is 0 Å². The second-order valence-electron chi connectivity index (χ2n) is 3.23. The zero-order valence-corrected chi connectivity index (χ0v) is 11.6. The zero-order chi connectivity index (χ0) is 12.5. The van der Waals surface area contributed by atoms with Gasteiger partial charge in [-0.25, -0.2) is 8.42 Å². The van der Waals surface area contributed by atoms with E-state index in [2.05, 4.69) is 8.92 Å². The molecule has 1 heterocycles. The second kappa shape index (κ2) is 6.73. The summed E-state index contributed by atoms with van der Waals surface area (Å²) in [5.74, 6) is 0. The Morgan fingerprint density at radius 2 is 1.65 bits per heavy atom. The smallest absolute Gasteiger partial charge is 0.726 e. The molecule has 0 bridgehead atoms. The van der Waals surface area contributed by atoms with Crippen LogP contribution in [0.3, 0.4) is 0 Å². The van der Waals surface area contributed by atoms with Gasteiger partial charge in [0.15, 0.2) is 6.29 Å². The summed E-state index contributed by atoms with van der Waals surface area (Å²) in [7, 11) is -4.96. The molecular formula is C6H11NaO9S. The van der Waals surface area contributed by atoms with Crippen molar-refractivity contribution < 1.29 is 71.9 Å². The van der Waals surface area contributed by atoms with E-state index >= 15 is 0 Å². The van der Waals surface area contributed by atoms with Crippen molar-refractivity contribution >= 4 is 10.4 Å². The molecule has 0 aliphatic carbocycles. The topological polar surface area (TPSA) is 157 Å². The Balaban J connectivity index is 0.00000256. The Morgan fingerprint density at radius 3 is 2.12 bits per heavy atom. The maximum absolute atomic E-state index is 10.1. The Morgan fingerprint density at radius 1 is 1.12 bits per heavy atom. The van der Waals surface area contributed by atoms with Crippen molar-refractivity contribution in [3.63, 3.8) is 0 Å². The van der Waals surface area contributed by atoms with Crippen molar-refractivity contribution in [3.05, 3.63) is 0 Å². The van der Waals surface area contributed by atoms with Gasteiger partial charge in [0.2, 0.25) is 10.4 Å². The Labute approximate surface area is 119 Å². The van der Waals surface area contributed by atoms with E-state index in [1.165, 1.54) is 0 Å². The van der Waals surface area contributed by atoms with Gasteiger partial charge in [0, 0.05) is 0 Å². The van der Waals surface area contributed by atoms with Crippen LogP contribution in [0.4, 0.5) is 0 Å². The number of aliphatic hydroxyl groups is 4. The fraction of sp³-hybridized carbons (Fsp3) is 1.00. The molecular weight excluding hydrogens is 271 g/mol. The molecule has 17 heavy (non-hydrogen) atoms. The maximum atomic E-state index is 10.1. The SMILES string of the molecule is O=S(=O)([O-])OC[C@H]1O[C@@H](O)[C@H](O)[C@@H](O)[C@H]1O.[Na+]. The van der Waals surface area contributed by atoms with E-state index in [1.54, 1.807) is 0 Å². The van der Waals surface area contributed by atoms with Crippen LogP contribution >= 0.6 is 0 Å². The minimum absolute atomic E-state index is 0. The van der Waals surface area contributed by atoms with E-state index in [9.17, 15) is 23.2 Å². The largest absolute Gasteiger partial charge is 1.00 e. The summed E-state index contributed by atoms with van der Waals surface area (Å²) in [5.41, 5.74) is 0. The normalized spacial score (nSPS) is 38.5. The molecule has 1 rings (SSSR count). The predicted molar refractivity (Wildman–Crippen MR) is 44.5 cm³/mol. The third-order valence-corrected chi connectivity index (χ3v) is 2.49. The van der Waals surface area contributed by atoms with Crippen molar-refractivity contribution in [2.75, 3.05) is 6.61 Å². The summed E-state index contributed by atoms with van der Waals surface area (Å²) in [5, 5.41) is 36.6. The molecule has 0 aromatic carbocycles. The molecule has 0 spiro atoms. The fourth-order valence-corrected chi connectivity index (χ4v) is 1.52. The summed E-state index contributed by atoms with van der Waals surface area (Å²) in [6.45, 7) is -0.867. The first-order valence-electron chi connectivity index (χ1n) is 4.20. The number of ether oxygens (including phenoxy) is 1. The molecule has 4 N–H and O–H groups in total. The Kier molecular flexibility index (Phi) is 6.99. The quantitative estimate of drug-likeness (QED) is 0.224. The summed E-state index contributed by atoms with van der Waals surface area (Å²) in [4.78, 5) is 0. The van der Waals surface area contributed by atoms with Crippen LogP contribution in [0, 0.1) is 0 Å².